The van der Waals surface area contributed by atoms with Gasteiger partial charge in [-0.3, -0.25) is 10.1 Å². The van der Waals surface area contributed by atoms with Gasteiger partial charge < -0.3 is 24.2 Å². The van der Waals surface area contributed by atoms with Crippen molar-refractivity contribution in [2.24, 2.45) is 0 Å². The van der Waals surface area contributed by atoms with Crippen LogP contribution in [0.5, 0.6) is 0 Å². The first-order valence-corrected chi connectivity index (χ1v) is 17.6. The molecule has 1 N–H and O–H groups in total. The number of esters is 1. The van der Waals surface area contributed by atoms with Gasteiger partial charge >= 0.3 is 12.1 Å². The molecule has 1 aliphatic heterocycles. The van der Waals surface area contributed by atoms with Gasteiger partial charge in [-0.25, -0.2) is 9.59 Å². The summed E-state index contributed by atoms with van der Waals surface area (Å²) >= 11 is 0. The van der Waals surface area contributed by atoms with Gasteiger partial charge in [-0.2, -0.15) is 0 Å². The molecule has 1 aliphatic rings. The number of likely N-dealkylation sites (tertiary alicyclic amines) is 1. The van der Waals surface area contributed by atoms with E-state index in [1.807, 2.05) is 112 Å². The number of benzene rings is 3. The van der Waals surface area contributed by atoms with Gasteiger partial charge in [0.1, 0.15) is 11.7 Å². The molecule has 9 nitrogen and oxygen atoms in total. The number of ether oxygens (including phenoxy) is 2. The Kier molecular flexibility index (Phi) is 14.1. The molecule has 49 heavy (non-hydrogen) atoms. The molecule has 0 aromatic heterocycles. The third kappa shape index (κ3) is 12.5. The van der Waals surface area contributed by atoms with Crippen molar-refractivity contribution in [3.05, 3.63) is 84.4 Å². The van der Waals surface area contributed by atoms with Crippen molar-refractivity contribution in [3.8, 4) is 11.1 Å². The van der Waals surface area contributed by atoms with Gasteiger partial charge in [0, 0.05) is 64.5 Å². The van der Waals surface area contributed by atoms with E-state index < -0.39 is 11.7 Å². The molecule has 1 heterocycles. The van der Waals surface area contributed by atoms with E-state index in [9.17, 15) is 14.4 Å². The number of hydrogen-bond donors (Lipinski definition) is 1. The number of nitrogens with zero attached hydrogens (tertiary/aromatic N) is 3. The van der Waals surface area contributed by atoms with Crippen LogP contribution < -0.4 is 10.2 Å². The van der Waals surface area contributed by atoms with Crippen LogP contribution in [0.4, 0.5) is 16.2 Å². The molecule has 0 atom stereocenters. The highest BCUT2D eigenvalue weighted by atomic mass is 16.6. The Morgan fingerprint density at radius 2 is 1.47 bits per heavy atom. The van der Waals surface area contributed by atoms with E-state index in [2.05, 4.69) is 22.2 Å². The quantitative estimate of drug-likeness (QED) is 0.130. The lowest BCUT2D eigenvalue weighted by atomic mass is 10.0. The van der Waals surface area contributed by atoms with Crippen molar-refractivity contribution in [2.75, 3.05) is 57.0 Å². The van der Waals surface area contributed by atoms with Gasteiger partial charge in [0.2, 0.25) is 5.91 Å². The van der Waals surface area contributed by atoms with Crippen LogP contribution in [0.15, 0.2) is 78.9 Å². The van der Waals surface area contributed by atoms with Crippen molar-refractivity contribution < 1.29 is 23.9 Å². The maximum absolute atomic E-state index is 12.7. The fourth-order valence-electron chi connectivity index (χ4n) is 5.91. The van der Waals surface area contributed by atoms with Crippen LogP contribution >= 0.6 is 0 Å². The Morgan fingerprint density at radius 3 is 2.16 bits per heavy atom. The van der Waals surface area contributed by atoms with Crippen LogP contribution in [0.25, 0.3) is 11.1 Å². The molecule has 9 heteroatoms. The summed E-state index contributed by atoms with van der Waals surface area (Å²) in [6.45, 7) is 9.69. The summed E-state index contributed by atoms with van der Waals surface area (Å²) in [7, 11) is 3.94. The van der Waals surface area contributed by atoms with E-state index in [4.69, 9.17) is 9.47 Å². The van der Waals surface area contributed by atoms with Gasteiger partial charge in [-0.15, -0.1) is 0 Å². The predicted octanol–water partition coefficient (Wildman–Crippen LogP) is 7.87. The molecule has 0 saturated carbocycles. The van der Waals surface area contributed by atoms with E-state index in [0.29, 0.717) is 18.5 Å². The average molecular weight is 671 g/mol. The maximum Gasteiger partial charge on any atom is 0.411 e. The maximum atomic E-state index is 12.7. The second-order valence-corrected chi connectivity index (χ2v) is 13.9. The lowest BCUT2D eigenvalue weighted by Gasteiger charge is -2.32. The van der Waals surface area contributed by atoms with E-state index in [-0.39, 0.29) is 18.0 Å². The van der Waals surface area contributed by atoms with Crippen LogP contribution in [0.3, 0.4) is 0 Å². The summed E-state index contributed by atoms with van der Waals surface area (Å²) in [6.07, 6.45) is 5.58. The van der Waals surface area contributed by atoms with Crippen molar-refractivity contribution >= 4 is 29.3 Å². The minimum atomic E-state index is -0.512. The average Bonchev–Trinajstić information content (AvgIpc) is 3.09. The Balaban J connectivity index is 1.05. The Hall–Kier alpha value is -4.37. The lowest BCUT2D eigenvalue weighted by Crippen LogP contribution is -2.42. The molecule has 264 valence electrons. The number of piperidine rings is 1. The zero-order chi connectivity index (χ0) is 35.2. The second kappa shape index (κ2) is 18.4. The molecular formula is C40H54N4O5. The second-order valence-electron chi connectivity index (χ2n) is 13.9. The summed E-state index contributed by atoms with van der Waals surface area (Å²) < 4.78 is 11.2. The first-order valence-electron chi connectivity index (χ1n) is 17.6. The number of carbonyl (C=O) groups is 3. The van der Waals surface area contributed by atoms with Gasteiger partial charge in [-0.05, 0) is 82.3 Å². The fourth-order valence-corrected chi connectivity index (χ4v) is 5.91. The van der Waals surface area contributed by atoms with Crippen LogP contribution in [0, 0.1) is 0 Å². The molecule has 1 fully saturated rings. The van der Waals surface area contributed by atoms with Crippen LogP contribution in [-0.4, -0.2) is 86.3 Å². The number of nitrogens with one attached hydrogen (secondary N) is 1. The first kappa shape index (κ1) is 37.4. The Bertz CT molecular complexity index is 1480. The summed E-state index contributed by atoms with van der Waals surface area (Å²) in [6, 6.07) is 25.3. The standard InChI is InChI=1S/C40H54N4O5/c1-40(2,3)49-38(46)32-20-22-33(23-21-32)42(4)26-14-7-6-11-19-37(45)43(5)29-30-44-27-24-34(25-28-44)48-39(47)41-36-18-13-12-17-35(36)31-15-9-8-10-16-31/h8-10,12-13,15-18,20-23,34H,6-7,11,14,19,24-30H2,1-5H3,(H,41,47). The minimum absolute atomic E-state index is 0.121. The smallest absolute Gasteiger partial charge is 0.411 e. The number of anilines is 2. The van der Waals surface area contributed by atoms with Gasteiger partial charge in [0.25, 0.3) is 0 Å². The van der Waals surface area contributed by atoms with Crippen molar-refractivity contribution in [3.63, 3.8) is 0 Å². The lowest BCUT2D eigenvalue weighted by molar-refractivity contribution is -0.130. The molecule has 0 unspecified atom stereocenters. The first-order chi connectivity index (χ1) is 23.5. The Labute approximate surface area is 292 Å². The fraction of sp³-hybridized carbons (Fsp3) is 0.475. The van der Waals surface area contributed by atoms with Gasteiger partial charge in [0.15, 0.2) is 0 Å². The molecule has 0 bridgehead atoms. The predicted molar refractivity (Wildman–Crippen MR) is 197 cm³/mol. The van der Waals surface area contributed by atoms with Crippen LogP contribution in [-0.2, 0) is 14.3 Å². The zero-order valence-electron chi connectivity index (χ0n) is 30.0. The van der Waals surface area contributed by atoms with E-state index >= 15 is 0 Å². The van der Waals surface area contributed by atoms with E-state index in [1.165, 1.54) is 0 Å². The SMILES string of the molecule is CN(CCN1CCC(OC(=O)Nc2ccccc2-c2ccccc2)CC1)C(=O)CCCCCCN(C)c1ccc(C(=O)OC(C)(C)C)cc1. The monoisotopic (exact) mass is 670 g/mol. The number of likely N-dealkylation sites (N-methyl/N-ethyl adjacent to an activating group) is 1. The molecule has 2 amide bonds. The highest BCUT2D eigenvalue weighted by Crippen LogP contribution is 2.28. The van der Waals surface area contributed by atoms with Gasteiger partial charge in [0.05, 0.1) is 11.3 Å². The number of rotatable bonds is 15. The molecule has 0 radical (unpaired) electrons. The van der Waals surface area contributed by atoms with Crippen LogP contribution in [0.2, 0.25) is 0 Å². The molecule has 1 saturated heterocycles. The third-order valence-electron chi connectivity index (χ3n) is 8.81. The minimum Gasteiger partial charge on any atom is -0.456 e. The molecule has 4 rings (SSSR count). The zero-order valence-corrected chi connectivity index (χ0v) is 30.0. The topological polar surface area (TPSA) is 91.4 Å². The molecular weight excluding hydrogens is 616 g/mol. The highest BCUT2D eigenvalue weighted by molar-refractivity contribution is 5.91. The molecule has 3 aromatic rings. The molecule has 3 aromatic carbocycles. The van der Waals surface area contributed by atoms with Crippen LogP contribution in [0.1, 0.15) is 76.1 Å². The van der Waals surface area contributed by atoms with E-state index in [1.54, 1.807) is 0 Å². The van der Waals surface area contributed by atoms with Crippen molar-refractivity contribution in [2.45, 2.75) is 77.4 Å². The molecule has 0 spiro atoms. The normalized spacial score (nSPS) is 13.8. The summed E-state index contributed by atoms with van der Waals surface area (Å²) in [5.41, 5.74) is 3.83. The molecule has 0 aliphatic carbocycles. The third-order valence-corrected chi connectivity index (χ3v) is 8.81. The van der Waals surface area contributed by atoms with Crippen molar-refractivity contribution in [1.29, 1.82) is 0 Å². The van der Waals surface area contributed by atoms with Crippen molar-refractivity contribution in [1.82, 2.24) is 9.80 Å². The highest BCUT2D eigenvalue weighted by Gasteiger charge is 2.23. The number of unbranched alkanes of at least 4 members (excludes halogenated alkanes) is 3. The number of amides is 2. The summed E-state index contributed by atoms with van der Waals surface area (Å²) in [5.74, 6) is -0.120. The summed E-state index contributed by atoms with van der Waals surface area (Å²) in [4.78, 5) is 44.1. The largest absolute Gasteiger partial charge is 0.456 e. The van der Waals surface area contributed by atoms with Gasteiger partial charge in [-0.1, -0.05) is 61.4 Å². The number of para-hydroxylation sites is 1. The number of hydrogen-bond acceptors (Lipinski definition) is 7. The summed E-state index contributed by atoms with van der Waals surface area (Å²) in [5, 5.41) is 2.94. The Morgan fingerprint density at radius 1 is 0.816 bits per heavy atom. The van der Waals surface area contributed by atoms with E-state index in [0.717, 1.165) is 87.2 Å². The number of carbonyl (C=O) groups excluding carboxylic acids is 3.